The molecule has 0 spiro atoms. The number of fused-ring (bicyclic) bond motifs is 1. The molecule has 7 heteroatoms. The first-order chi connectivity index (χ1) is 10.2. The van der Waals surface area contributed by atoms with Crippen LogP contribution in [-0.4, -0.2) is 22.1 Å². The summed E-state index contributed by atoms with van der Waals surface area (Å²) in [6.07, 6.45) is 0. The molecule has 0 saturated carbocycles. The van der Waals surface area contributed by atoms with Gasteiger partial charge in [0.2, 0.25) is 11.2 Å². The lowest BCUT2D eigenvalue weighted by Crippen LogP contribution is -2.11. The van der Waals surface area contributed by atoms with Gasteiger partial charge >= 0.3 is 0 Å². The minimum absolute atomic E-state index is 0.0767. The van der Waals surface area contributed by atoms with Crippen LogP contribution in [0.5, 0.6) is 5.75 Å². The summed E-state index contributed by atoms with van der Waals surface area (Å²) in [5.74, 6) is 6.79. The van der Waals surface area contributed by atoms with Crippen molar-refractivity contribution < 1.29 is 4.74 Å². The summed E-state index contributed by atoms with van der Waals surface area (Å²) in [5, 5.41) is 2.01. The number of benzene rings is 2. The van der Waals surface area contributed by atoms with E-state index in [1.54, 1.807) is 7.11 Å². The fourth-order valence-electron chi connectivity index (χ4n) is 2.18. The molecule has 0 aliphatic carbocycles. The van der Waals surface area contributed by atoms with Crippen LogP contribution in [0.3, 0.4) is 0 Å². The lowest BCUT2D eigenvalue weighted by Gasteiger charge is -2.10. The number of ether oxygens (including phenoxy) is 1. The number of nitrogens with one attached hydrogen (secondary N) is 1. The zero-order valence-corrected chi connectivity index (χ0v) is 11.9. The SMILES string of the molecule is COc1ccc(-c2nc(Cl)nc(NN)n2)c2ccccc12. The highest BCUT2D eigenvalue weighted by Gasteiger charge is 2.12. The molecular formula is C14H12ClN5O. The van der Waals surface area contributed by atoms with Gasteiger partial charge in [-0.15, -0.1) is 0 Å². The van der Waals surface area contributed by atoms with E-state index in [2.05, 4.69) is 20.4 Å². The lowest BCUT2D eigenvalue weighted by atomic mass is 10.0. The lowest BCUT2D eigenvalue weighted by molar-refractivity contribution is 0.420. The molecule has 3 N–H and O–H groups in total. The number of hydrazine groups is 1. The van der Waals surface area contributed by atoms with Gasteiger partial charge in [-0.25, -0.2) is 5.84 Å². The van der Waals surface area contributed by atoms with Gasteiger partial charge in [0.15, 0.2) is 5.82 Å². The normalized spacial score (nSPS) is 10.6. The van der Waals surface area contributed by atoms with Gasteiger partial charge in [0.1, 0.15) is 5.75 Å². The first-order valence-electron chi connectivity index (χ1n) is 6.17. The third-order valence-corrected chi connectivity index (χ3v) is 3.25. The maximum atomic E-state index is 5.91. The Kier molecular flexibility index (Phi) is 3.55. The molecule has 3 aromatic rings. The molecule has 1 aromatic heterocycles. The molecule has 0 amide bonds. The van der Waals surface area contributed by atoms with Crippen LogP contribution in [0.1, 0.15) is 0 Å². The molecule has 0 fully saturated rings. The van der Waals surface area contributed by atoms with Crippen molar-refractivity contribution in [2.75, 3.05) is 12.5 Å². The molecule has 2 aromatic carbocycles. The monoisotopic (exact) mass is 301 g/mol. The summed E-state index contributed by atoms with van der Waals surface area (Å²) in [7, 11) is 1.64. The third-order valence-electron chi connectivity index (χ3n) is 3.08. The minimum Gasteiger partial charge on any atom is -0.496 e. The Balaban J connectivity index is 2.28. The van der Waals surface area contributed by atoms with Crippen molar-refractivity contribution in [3.8, 4) is 17.1 Å². The molecule has 0 bridgehead atoms. The van der Waals surface area contributed by atoms with Crippen LogP contribution in [0.4, 0.5) is 5.95 Å². The summed E-state index contributed by atoms with van der Waals surface area (Å²) in [5.41, 5.74) is 3.20. The summed E-state index contributed by atoms with van der Waals surface area (Å²) in [6, 6.07) is 11.6. The van der Waals surface area contributed by atoms with E-state index in [-0.39, 0.29) is 11.2 Å². The molecule has 1 heterocycles. The van der Waals surface area contributed by atoms with Gasteiger partial charge in [0, 0.05) is 10.9 Å². The second-order valence-corrected chi connectivity index (χ2v) is 4.60. The molecule has 3 rings (SSSR count). The number of anilines is 1. The van der Waals surface area contributed by atoms with Crippen molar-refractivity contribution >= 4 is 28.3 Å². The van der Waals surface area contributed by atoms with Gasteiger partial charge in [-0.1, -0.05) is 24.3 Å². The van der Waals surface area contributed by atoms with Crippen molar-refractivity contribution in [1.82, 2.24) is 15.0 Å². The zero-order chi connectivity index (χ0) is 14.8. The Hall–Kier alpha value is -2.44. The zero-order valence-electron chi connectivity index (χ0n) is 11.2. The summed E-state index contributed by atoms with van der Waals surface area (Å²) in [4.78, 5) is 12.3. The second-order valence-electron chi connectivity index (χ2n) is 4.26. The molecule has 0 radical (unpaired) electrons. The number of nitrogens with two attached hydrogens (primary N) is 1. The number of halogens is 1. The van der Waals surface area contributed by atoms with Crippen molar-refractivity contribution in [1.29, 1.82) is 0 Å². The number of hydrogen-bond acceptors (Lipinski definition) is 6. The molecule has 21 heavy (non-hydrogen) atoms. The number of nitrogens with zero attached hydrogens (tertiary/aromatic N) is 3. The van der Waals surface area contributed by atoms with E-state index in [9.17, 15) is 0 Å². The Morgan fingerprint density at radius 3 is 2.52 bits per heavy atom. The average molecular weight is 302 g/mol. The quantitative estimate of drug-likeness (QED) is 0.571. The van der Waals surface area contributed by atoms with E-state index in [0.717, 1.165) is 22.1 Å². The van der Waals surface area contributed by atoms with E-state index < -0.39 is 0 Å². The summed E-state index contributed by atoms with van der Waals surface area (Å²) >= 11 is 5.91. The Bertz CT molecular complexity index is 808. The highest BCUT2D eigenvalue weighted by molar-refractivity contribution is 6.28. The first kappa shape index (κ1) is 13.5. The van der Waals surface area contributed by atoms with Gasteiger partial charge in [-0.2, -0.15) is 15.0 Å². The molecule has 6 nitrogen and oxygen atoms in total. The third kappa shape index (κ3) is 2.46. The van der Waals surface area contributed by atoms with Crippen molar-refractivity contribution in [3.63, 3.8) is 0 Å². The van der Waals surface area contributed by atoms with Crippen LogP contribution >= 0.6 is 11.6 Å². The van der Waals surface area contributed by atoms with Gasteiger partial charge in [0.25, 0.3) is 0 Å². The molecule has 0 aliphatic rings. The average Bonchev–Trinajstić information content (AvgIpc) is 2.53. The van der Waals surface area contributed by atoms with Gasteiger partial charge in [0.05, 0.1) is 7.11 Å². The van der Waals surface area contributed by atoms with Crippen molar-refractivity contribution in [2.45, 2.75) is 0 Å². The fraction of sp³-hybridized carbons (Fsp3) is 0.0714. The van der Waals surface area contributed by atoms with Gasteiger partial charge in [-0.05, 0) is 29.1 Å². The van der Waals surface area contributed by atoms with E-state index in [1.807, 2.05) is 36.4 Å². The van der Waals surface area contributed by atoms with Crippen LogP contribution in [0.25, 0.3) is 22.2 Å². The number of methoxy groups -OCH3 is 1. The van der Waals surface area contributed by atoms with E-state index >= 15 is 0 Å². The summed E-state index contributed by atoms with van der Waals surface area (Å²) in [6.45, 7) is 0. The second kappa shape index (κ2) is 5.51. The fourth-order valence-corrected chi connectivity index (χ4v) is 2.34. The van der Waals surface area contributed by atoms with Gasteiger partial charge < -0.3 is 4.74 Å². The largest absolute Gasteiger partial charge is 0.496 e. The molecule has 106 valence electrons. The topological polar surface area (TPSA) is 86.0 Å². The smallest absolute Gasteiger partial charge is 0.242 e. The Morgan fingerprint density at radius 1 is 1.05 bits per heavy atom. The maximum Gasteiger partial charge on any atom is 0.242 e. The van der Waals surface area contributed by atoms with Crippen molar-refractivity contribution in [3.05, 3.63) is 41.7 Å². The van der Waals surface area contributed by atoms with E-state index in [1.165, 1.54) is 0 Å². The summed E-state index contributed by atoms with van der Waals surface area (Å²) < 4.78 is 5.38. The number of aromatic nitrogens is 3. The van der Waals surface area contributed by atoms with E-state index in [4.69, 9.17) is 22.2 Å². The van der Waals surface area contributed by atoms with Crippen molar-refractivity contribution in [2.24, 2.45) is 5.84 Å². The molecule has 0 saturated heterocycles. The van der Waals surface area contributed by atoms with Crippen LogP contribution in [0.15, 0.2) is 36.4 Å². The first-order valence-corrected chi connectivity index (χ1v) is 6.55. The maximum absolute atomic E-state index is 5.91. The van der Waals surface area contributed by atoms with Crippen LogP contribution < -0.4 is 16.0 Å². The highest BCUT2D eigenvalue weighted by atomic mass is 35.5. The van der Waals surface area contributed by atoms with Crippen LogP contribution in [0, 0.1) is 0 Å². The molecule has 0 aliphatic heterocycles. The number of rotatable bonds is 3. The molecule has 0 unspecified atom stereocenters. The molecular weight excluding hydrogens is 290 g/mol. The Morgan fingerprint density at radius 2 is 1.81 bits per heavy atom. The molecule has 0 atom stereocenters. The van der Waals surface area contributed by atoms with E-state index in [0.29, 0.717) is 5.82 Å². The number of nitrogen functional groups attached to an aromatic ring is 1. The highest BCUT2D eigenvalue weighted by Crippen LogP contribution is 2.33. The predicted octanol–water partition coefficient (Wildman–Crippen LogP) is 2.64. The van der Waals surface area contributed by atoms with Crippen LogP contribution in [-0.2, 0) is 0 Å². The predicted molar refractivity (Wildman–Crippen MR) is 82.1 cm³/mol. The standard InChI is InChI=1S/C14H12ClN5O/c1-21-11-7-6-10(8-4-2-3-5-9(8)11)12-17-13(15)19-14(18-12)20-16/h2-7H,16H2,1H3,(H,17,18,19,20). The Labute approximate surface area is 125 Å². The number of hydrogen-bond donors (Lipinski definition) is 2. The van der Waals surface area contributed by atoms with Crippen LogP contribution in [0.2, 0.25) is 5.28 Å². The minimum atomic E-state index is 0.0767. The van der Waals surface area contributed by atoms with Gasteiger partial charge in [-0.3, -0.25) is 5.43 Å².